The van der Waals surface area contributed by atoms with Gasteiger partial charge >= 0.3 is 5.97 Å². The monoisotopic (exact) mass is 344 g/mol. The summed E-state index contributed by atoms with van der Waals surface area (Å²) in [7, 11) is 0. The Morgan fingerprint density at radius 1 is 1.08 bits per heavy atom. The predicted octanol–water partition coefficient (Wildman–Crippen LogP) is 3.82. The third kappa shape index (κ3) is 2.75. The number of Topliss-reactive ketones (excluding diaryl/α,β-unsaturated/α-hetero) is 1. The highest BCUT2D eigenvalue weighted by Gasteiger charge is 2.34. The molecule has 0 saturated carbocycles. The van der Waals surface area contributed by atoms with Crippen molar-refractivity contribution in [1.29, 1.82) is 0 Å². The Morgan fingerprint density at radius 2 is 1.81 bits per heavy atom. The van der Waals surface area contributed by atoms with Crippen LogP contribution in [0, 0.1) is 0 Å². The van der Waals surface area contributed by atoms with Crippen LogP contribution >= 0.6 is 0 Å². The number of carbonyl (C=O) groups excluding carboxylic acids is 2. The zero-order chi connectivity index (χ0) is 18.1. The lowest BCUT2D eigenvalue weighted by molar-refractivity contribution is -0.138. The maximum atomic E-state index is 13.2. The fraction of sp³-hybridized carbons (Fsp3) is 0.0909. The van der Waals surface area contributed by atoms with Gasteiger partial charge in [-0.1, -0.05) is 66.7 Å². The number of cyclic esters (lactones) is 1. The summed E-state index contributed by atoms with van der Waals surface area (Å²) in [6.45, 7) is -0.201. The zero-order valence-corrected chi connectivity index (χ0v) is 13.9. The summed E-state index contributed by atoms with van der Waals surface area (Å²) in [6, 6.07) is 17.4. The second-order valence-electron chi connectivity index (χ2n) is 6.21. The SMILES string of the molecule is O=C1OCC(C(=O)C(=Cc2ccccc2)C2C=Cc3ccccc32)=C1O. The minimum atomic E-state index is -0.852. The molecule has 1 atom stereocenters. The number of hydrogen-bond donors (Lipinski definition) is 1. The van der Waals surface area contributed by atoms with Gasteiger partial charge in [0.15, 0.2) is 5.78 Å². The van der Waals surface area contributed by atoms with Crippen molar-refractivity contribution in [2.45, 2.75) is 5.92 Å². The van der Waals surface area contributed by atoms with E-state index in [1.54, 1.807) is 0 Å². The Balaban J connectivity index is 1.82. The highest BCUT2D eigenvalue weighted by atomic mass is 16.6. The van der Waals surface area contributed by atoms with Crippen LogP contribution in [-0.2, 0) is 14.3 Å². The first-order valence-corrected chi connectivity index (χ1v) is 8.33. The van der Waals surface area contributed by atoms with Gasteiger partial charge in [0.1, 0.15) is 6.61 Å². The number of allylic oxidation sites excluding steroid dienone is 2. The van der Waals surface area contributed by atoms with Gasteiger partial charge in [0, 0.05) is 11.5 Å². The number of aliphatic hydroxyl groups excluding tert-OH is 1. The molecule has 2 aromatic rings. The van der Waals surface area contributed by atoms with E-state index in [1.807, 2.05) is 72.8 Å². The van der Waals surface area contributed by atoms with Crippen molar-refractivity contribution in [1.82, 2.24) is 0 Å². The first-order chi connectivity index (χ1) is 12.6. The molecule has 1 N–H and O–H groups in total. The summed E-state index contributed by atoms with van der Waals surface area (Å²) in [5, 5.41) is 9.92. The normalized spacial score (nSPS) is 18.8. The topological polar surface area (TPSA) is 63.6 Å². The van der Waals surface area contributed by atoms with Gasteiger partial charge in [0.25, 0.3) is 0 Å². The van der Waals surface area contributed by atoms with Gasteiger partial charge in [0.2, 0.25) is 5.76 Å². The Labute approximate surface area is 150 Å². The zero-order valence-electron chi connectivity index (χ0n) is 13.9. The molecule has 1 heterocycles. The van der Waals surface area contributed by atoms with Crippen LogP contribution in [0.5, 0.6) is 0 Å². The second-order valence-corrected chi connectivity index (χ2v) is 6.21. The first-order valence-electron chi connectivity index (χ1n) is 8.33. The quantitative estimate of drug-likeness (QED) is 0.676. The summed E-state index contributed by atoms with van der Waals surface area (Å²) in [5.41, 5.74) is 3.46. The Bertz CT molecular complexity index is 980. The Hall–Kier alpha value is -3.40. The van der Waals surface area contributed by atoms with Crippen molar-refractivity contribution in [3.63, 3.8) is 0 Å². The van der Waals surface area contributed by atoms with Crippen molar-refractivity contribution in [3.05, 3.63) is 94.3 Å². The Kier molecular flexibility index (Phi) is 4.01. The van der Waals surface area contributed by atoms with E-state index in [0.29, 0.717) is 5.57 Å². The van der Waals surface area contributed by atoms with Crippen LogP contribution in [0.1, 0.15) is 22.6 Å². The molecule has 1 aliphatic heterocycles. The molecule has 4 heteroatoms. The lowest BCUT2D eigenvalue weighted by atomic mass is 9.86. The summed E-state index contributed by atoms with van der Waals surface area (Å²) >= 11 is 0. The van der Waals surface area contributed by atoms with E-state index >= 15 is 0 Å². The summed E-state index contributed by atoms with van der Waals surface area (Å²) in [4.78, 5) is 24.6. The van der Waals surface area contributed by atoms with Gasteiger partial charge in [-0.05, 0) is 22.8 Å². The largest absolute Gasteiger partial charge is 0.501 e. The van der Waals surface area contributed by atoms with E-state index in [4.69, 9.17) is 4.74 Å². The molecule has 4 rings (SSSR count). The predicted molar refractivity (Wildman–Crippen MR) is 98.3 cm³/mol. The number of rotatable bonds is 4. The maximum absolute atomic E-state index is 13.2. The highest BCUT2D eigenvalue weighted by molar-refractivity contribution is 6.16. The van der Waals surface area contributed by atoms with E-state index < -0.39 is 11.7 Å². The summed E-state index contributed by atoms with van der Waals surface area (Å²) < 4.78 is 4.80. The number of esters is 1. The number of hydrogen-bond acceptors (Lipinski definition) is 4. The average molecular weight is 344 g/mol. The van der Waals surface area contributed by atoms with Crippen molar-refractivity contribution in [2.24, 2.45) is 0 Å². The van der Waals surface area contributed by atoms with E-state index in [9.17, 15) is 14.7 Å². The van der Waals surface area contributed by atoms with Crippen molar-refractivity contribution >= 4 is 23.9 Å². The summed E-state index contributed by atoms with van der Waals surface area (Å²) in [5.74, 6) is -2.06. The average Bonchev–Trinajstić information content (AvgIpc) is 3.24. The van der Waals surface area contributed by atoms with E-state index in [-0.39, 0.29) is 23.9 Å². The lowest BCUT2D eigenvalue weighted by Gasteiger charge is -2.15. The third-order valence-electron chi connectivity index (χ3n) is 4.62. The van der Waals surface area contributed by atoms with Crippen molar-refractivity contribution in [2.75, 3.05) is 6.61 Å². The van der Waals surface area contributed by atoms with Crippen LogP contribution in [-0.4, -0.2) is 23.5 Å². The molecule has 0 bridgehead atoms. The van der Waals surface area contributed by atoms with Gasteiger partial charge in [-0.3, -0.25) is 4.79 Å². The summed E-state index contributed by atoms with van der Waals surface area (Å²) in [6.07, 6.45) is 5.76. The molecule has 4 nitrogen and oxygen atoms in total. The van der Waals surface area contributed by atoms with E-state index in [1.165, 1.54) is 0 Å². The fourth-order valence-corrected chi connectivity index (χ4v) is 3.29. The minimum Gasteiger partial charge on any atom is -0.501 e. The molecule has 0 aromatic heterocycles. The number of ether oxygens (including phenoxy) is 1. The highest BCUT2D eigenvalue weighted by Crippen LogP contribution is 2.38. The number of aliphatic hydroxyl groups is 1. The third-order valence-corrected chi connectivity index (χ3v) is 4.62. The van der Waals surface area contributed by atoms with Crippen molar-refractivity contribution < 1.29 is 19.4 Å². The van der Waals surface area contributed by atoms with Crippen LogP contribution in [0.3, 0.4) is 0 Å². The van der Waals surface area contributed by atoms with E-state index in [0.717, 1.165) is 16.7 Å². The minimum absolute atomic E-state index is 0.00922. The van der Waals surface area contributed by atoms with Crippen LogP contribution in [0.4, 0.5) is 0 Å². The Morgan fingerprint density at radius 3 is 2.54 bits per heavy atom. The number of ketones is 1. The molecule has 128 valence electrons. The van der Waals surface area contributed by atoms with Gasteiger partial charge in [-0.2, -0.15) is 0 Å². The second kappa shape index (κ2) is 6.48. The van der Waals surface area contributed by atoms with Gasteiger partial charge in [0.05, 0.1) is 5.57 Å². The number of fused-ring (bicyclic) bond motifs is 1. The molecule has 0 fully saturated rings. The number of carbonyl (C=O) groups is 2. The first kappa shape index (κ1) is 16.1. The molecule has 0 radical (unpaired) electrons. The fourth-order valence-electron chi connectivity index (χ4n) is 3.29. The number of benzene rings is 2. The molecule has 26 heavy (non-hydrogen) atoms. The lowest BCUT2D eigenvalue weighted by Crippen LogP contribution is -2.14. The molecule has 1 aliphatic carbocycles. The molecule has 0 saturated heterocycles. The van der Waals surface area contributed by atoms with Gasteiger partial charge in [-0.25, -0.2) is 4.79 Å². The van der Waals surface area contributed by atoms with Gasteiger partial charge < -0.3 is 9.84 Å². The maximum Gasteiger partial charge on any atom is 0.374 e. The van der Waals surface area contributed by atoms with Crippen LogP contribution in [0.2, 0.25) is 0 Å². The standard InChI is InChI=1S/C22H16O4/c23-20(19-13-26-22(25)21(19)24)18(12-14-6-2-1-3-7-14)17-11-10-15-8-4-5-9-16(15)17/h1-12,17,24H,13H2. The van der Waals surface area contributed by atoms with Gasteiger partial charge in [-0.15, -0.1) is 0 Å². The molecular weight excluding hydrogens is 328 g/mol. The molecular formula is C22H16O4. The van der Waals surface area contributed by atoms with Crippen LogP contribution < -0.4 is 0 Å². The molecule has 0 amide bonds. The molecule has 1 unspecified atom stereocenters. The molecule has 2 aromatic carbocycles. The van der Waals surface area contributed by atoms with Crippen molar-refractivity contribution in [3.8, 4) is 0 Å². The molecule has 0 spiro atoms. The molecule has 2 aliphatic rings. The van der Waals surface area contributed by atoms with Crippen LogP contribution in [0.25, 0.3) is 12.2 Å². The van der Waals surface area contributed by atoms with Crippen LogP contribution in [0.15, 0.2) is 77.6 Å². The van der Waals surface area contributed by atoms with E-state index in [2.05, 4.69) is 0 Å². The smallest absolute Gasteiger partial charge is 0.374 e.